The van der Waals surface area contributed by atoms with Crippen LogP contribution in [0, 0.1) is 0 Å². The average Bonchev–Trinajstić information content (AvgIpc) is 2.59. The highest BCUT2D eigenvalue weighted by molar-refractivity contribution is 7.93. The Morgan fingerprint density at radius 2 is 1.56 bits per heavy atom. The van der Waals surface area contributed by atoms with E-state index in [2.05, 4.69) is 0 Å². The van der Waals surface area contributed by atoms with Crippen molar-refractivity contribution in [3.63, 3.8) is 0 Å². The summed E-state index contributed by atoms with van der Waals surface area (Å²) in [6, 6.07) is 15.4. The first-order valence-electron chi connectivity index (χ1n) is 7.95. The standard InChI is InChI=1S/C17H21O8PS/c1-24-14-7-9-15(10-8-14)25-16(11-13-5-3-2-4-6-13)12-17(26(18,19)20)27(21,22)23/h2-10,16-17H,11-12H2,1H3,(H2,18,19,20)(H,21,22,23). The zero-order chi connectivity index (χ0) is 20.1. The van der Waals surface area contributed by atoms with Crippen LogP contribution in [0.4, 0.5) is 0 Å². The summed E-state index contributed by atoms with van der Waals surface area (Å²) in [5.74, 6) is 0.963. The fourth-order valence-corrected chi connectivity index (χ4v) is 4.91. The van der Waals surface area contributed by atoms with Crippen LogP contribution in [-0.4, -0.2) is 41.0 Å². The third-order valence-electron chi connectivity index (χ3n) is 3.85. The van der Waals surface area contributed by atoms with E-state index in [0.29, 0.717) is 11.5 Å². The summed E-state index contributed by atoms with van der Waals surface area (Å²) in [6.45, 7) is 0. The van der Waals surface area contributed by atoms with Crippen LogP contribution in [0.25, 0.3) is 0 Å². The van der Waals surface area contributed by atoms with Crippen LogP contribution < -0.4 is 9.47 Å². The second-order valence-corrected chi connectivity index (χ2v) is 9.65. The van der Waals surface area contributed by atoms with Crippen molar-refractivity contribution in [1.29, 1.82) is 0 Å². The summed E-state index contributed by atoms with van der Waals surface area (Å²) in [6.07, 6.45) is -1.29. The molecule has 2 unspecified atom stereocenters. The lowest BCUT2D eigenvalue weighted by molar-refractivity contribution is 0.190. The molecule has 0 heterocycles. The Balaban J connectivity index is 2.28. The molecule has 0 aliphatic carbocycles. The molecule has 0 aromatic heterocycles. The van der Waals surface area contributed by atoms with E-state index in [9.17, 15) is 27.3 Å². The molecule has 8 nitrogen and oxygen atoms in total. The highest BCUT2D eigenvalue weighted by Crippen LogP contribution is 2.46. The van der Waals surface area contributed by atoms with Gasteiger partial charge in [0.05, 0.1) is 7.11 Å². The Kier molecular flexibility index (Phi) is 7.02. The molecule has 0 saturated carbocycles. The maximum Gasteiger partial charge on any atom is 0.346 e. The second kappa shape index (κ2) is 8.86. The van der Waals surface area contributed by atoms with E-state index in [1.165, 1.54) is 7.11 Å². The summed E-state index contributed by atoms with van der Waals surface area (Å²) in [5.41, 5.74) is 0.788. The lowest BCUT2D eigenvalue weighted by atomic mass is 10.1. The first kappa shape index (κ1) is 21.4. The molecule has 2 rings (SSSR count). The van der Waals surface area contributed by atoms with Crippen LogP contribution in [-0.2, 0) is 21.1 Å². The Bertz CT molecular complexity index is 877. The highest BCUT2D eigenvalue weighted by atomic mass is 32.2. The number of hydrogen-bond acceptors (Lipinski definition) is 5. The molecule has 27 heavy (non-hydrogen) atoms. The summed E-state index contributed by atoms with van der Waals surface area (Å²) in [4.78, 5) is 16.5. The van der Waals surface area contributed by atoms with Gasteiger partial charge < -0.3 is 19.3 Å². The van der Waals surface area contributed by atoms with Gasteiger partial charge >= 0.3 is 7.60 Å². The molecule has 0 aliphatic heterocycles. The number of methoxy groups -OCH3 is 1. The molecule has 0 amide bonds. The van der Waals surface area contributed by atoms with E-state index in [-0.39, 0.29) is 6.42 Å². The van der Waals surface area contributed by atoms with Gasteiger partial charge in [-0.1, -0.05) is 30.3 Å². The predicted molar refractivity (Wildman–Crippen MR) is 99.6 cm³/mol. The van der Waals surface area contributed by atoms with Crippen molar-refractivity contribution < 1.29 is 36.8 Å². The minimum absolute atomic E-state index is 0.193. The smallest absolute Gasteiger partial charge is 0.346 e. The van der Waals surface area contributed by atoms with Gasteiger partial charge in [0.15, 0.2) is 4.99 Å². The SMILES string of the molecule is COc1ccc(OC(Cc2ccccc2)CC(P(=O)(O)O)S(=O)(=O)O)cc1. The van der Waals surface area contributed by atoms with Gasteiger partial charge in [-0.05, 0) is 29.8 Å². The minimum atomic E-state index is -5.11. The highest BCUT2D eigenvalue weighted by Gasteiger charge is 2.42. The van der Waals surface area contributed by atoms with Crippen LogP contribution in [0.2, 0.25) is 0 Å². The average molecular weight is 416 g/mol. The van der Waals surface area contributed by atoms with Crippen molar-refractivity contribution in [2.45, 2.75) is 23.9 Å². The van der Waals surface area contributed by atoms with Gasteiger partial charge in [-0.15, -0.1) is 0 Å². The summed E-state index contributed by atoms with van der Waals surface area (Å²) < 4.78 is 54.7. The van der Waals surface area contributed by atoms with Crippen LogP contribution in [0.1, 0.15) is 12.0 Å². The number of benzene rings is 2. The van der Waals surface area contributed by atoms with Crippen molar-refractivity contribution in [2.75, 3.05) is 7.11 Å². The molecule has 3 N–H and O–H groups in total. The van der Waals surface area contributed by atoms with Crippen molar-refractivity contribution in [2.24, 2.45) is 0 Å². The first-order chi connectivity index (χ1) is 12.6. The van der Waals surface area contributed by atoms with Gasteiger partial charge in [0.25, 0.3) is 10.1 Å². The molecule has 0 spiro atoms. The lowest BCUT2D eigenvalue weighted by Gasteiger charge is -2.24. The molecule has 0 aliphatic rings. The molecule has 0 bridgehead atoms. The van der Waals surface area contributed by atoms with Crippen molar-refractivity contribution in [3.8, 4) is 11.5 Å². The zero-order valence-corrected chi connectivity index (χ0v) is 16.2. The Hall–Kier alpha value is -1.90. The van der Waals surface area contributed by atoms with E-state index in [1.54, 1.807) is 54.6 Å². The van der Waals surface area contributed by atoms with Gasteiger partial charge in [-0.3, -0.25) is 9.12 Å². The summed E-state index contributed by atoms with van der Waals surface area (Å²) in [7, 11) is -8.58. The van der Waals surface area contributed by atoms with Crippen molar-refractivity contribution >= 4 is 17.7 Å². The molecule has 0 fully saturated rings. The quantitative estimate of drug-likeness (QED) is 0.420. The number of hydrogen-bond donors (Lipinski definition) is 3. The molecule has 0 saturated heterocycles. The van der Waals surface area contributed by atoms with E-state index >= 15 is 0 Å². The molecular weight excluding hydrogens is 395 g/mol. The monoisotopic (exact) mass is 416 g/mol. The Morgan fingerprint density at radius 3 is 2.04 bits per heavy atom. The summed E-state index contributed by atoms with van der Waals surface area (Å²) in [5, 5.41) is 0. The van der Waals surface area contributed by atoms with Crippen LogP contribution in [0.5, 0.6) is 11.5 Å². The number of rotatable bonds is 9. The van der Waals surface area contributed by atoms with Crippen LogP contribution in [0.3, 0.4) is 0 Å². The van der Waals surface area contributed by atoms with E-state index in [1.807, 2.05) is 0 Å². The van der Waals surface area contributed by atoms with Gasteiger partial charge in [0.1, 0.15) is 17.6 Å². The molecule has 0 radical (unpaired) electrons. The van der Waals surface area contributed by atoms with Gasteiger partial charge in [-0.25, -0.2) is 0 Å². The largest absolute Gasteiger partial charge is 0.497 e. The van der Waals surface area contributed by atoms with Crippen LogP contribution in [0.15, 0.2) is 54.6 Å². The normalized spacial score (nSPS) is 14.4. The number of ether oxygens (including phenoxy) is 2. The third-order valence-corrected chi connectivity index (χ3v) is 7.32. The van der Waals surface area contributed by atoms with E-state index in [0.717, 1.165) is 5.56 Å². The predicted octanol–water partition coefficient (Wildman–Crippen LogP) is 2.47. The fourth-order valence-electron chi connectivity index (χ4n) is 2.55. The molecule has 2 aromatic rings. The molecule has 2 aromatic carbocycles. The Morgan fingerprint density at radius 1 is 1.00 bits per heavy atom. The van der Waals surface area contributed by atoms with E-state index in [4.69, 9.17) is 9.47 Å². The van der Waals surface area contributed by atoms with Crippen molar-refractivity contribution in [3.05, 3.63) is 60.2 Å². The lowest BCUT2D eigenvalue weighted by Crippen LogP contribution is -2.30. The minimum Gasteiger partial charge on any atom is -0.497 e. The molecule has 148 valence electrons. The molecule has 2 atom stereocenters. The van der Waals surface area contributed by atoms with E-state index < -0.39 is 35.2 Å². The first-order valence-corrected chi connectivity index (χ1v) is 11.1. The van der Waals surface area contributed by atoms with Gasteiger partial charge in [0, 0.05) is 12.8 Å². The molecule has 10 heteroatoms. The zero-order valence-electron chi connectivity index (χ0n) is 14.5. The van der Waals surface area contributed by atoms with Gasteiger partial charge in [0.2, 0.25) is 0 Å². The van der Waals surface area contributed by atoms with Crippen LogP contribution >= 0.6 is 7.60 Å². The third kappa shape index (κ3) is 6.64. The summed E-state index contributed by atoms with van der Waals surface area (Å²) >= 11 is 0. The fraction of sp³-hybridized carbons (Fsp3) is 0.294. The van der Waals surface area contributed by atoms with Crippen molar-refractivity contribution in [1.82, 2.24) is 0 Å². The molecular formula is C17H21O8PS. The maximum atomic E-state index is 11.6. The topological polar surface area (TPSA) is 130 Å². The Labute approximate surface area is 157 Å². The van der Waals surface area contributed by atoms with Gasteiger partial charge in [-0.2, -0.15) is 8.42 Å². The second-order valence-electron chi connectivity index (χ2n) is 5.90. The maximum absolute atomic E-state index is 11.6.